The molecule has 0 amide bonds. The first-order valence-electron chi connectivity index (χ1n) is 7.18. The number of nitrogens with zero attached hydrogens (tertiary/aromatic N) is 2. The lowest BCUT2D eigenvalue weighted by Crippen LogP contribution is -3.00. The highest BCUT2D eigenvalue weighted by atomic mass is 79.9. The monoisotopic (exact) mass is 321 g/mol. The van der Waals surface area contributed by atoms with E-state index in [-0.39, 0.29) is 17.0 Å². The summed E-state index contributed by atoms with van der Waals surface area (Å²) in [4.78, 5) is 0. The van der Waals surface area contributed by atoms with Crippen LogP contribution in [0.25, 0.3) is 0 Å². The summed E-state index contributed by atoms with van der Waals surface area (Å²) in [6.45, 7) is 14.4. The number of ether oxygens (including phenoxy) is 2. The van der Waals surface area contributed by atoms with Crippen molar-refractivity contribution in [1.29, 1.82) is 0 Å². The summed E-state index contributed by atoms with van der Waals surface area (Å²) < 4.78 is 13.7. The molecule has 0 saturated carbocycles. The highest BCUT2D eigenvalue weighted by Crippen LogP contribution is 2.22. The van der Waals surface area contributed by atoms with E-state index in [9.17, 15) is 0 Å². The predicted molar refractivity (Wildman–Crippen MR) is 65.7 cm³/mol. The minimum Gasteiger partial charge on any atom is -1.00 e. The fraction of sp³-hybridized carbons (Fsp3) is 1.00. The number of halogens is 1. The van der Waals surface area contributed by atoms with E-state index < -0.39 is 0 Å². The Morgan fingerprint density at radius 1 is 0.500 bits per heavy atom. The van der Waals surface area contributed by atoms with E-state index in [1.807, 2.05) is 0 Å². The molecule has 106 valence electrons. The van der Waals surface area contributed by atoms with E-state index in [0.29, 0.717) is 0 Å². The average Bonchev–Trinajstić information content (AvgIpc) is 2.54. The summed E-state index contributed by atoms with van der Waals surface area (Å²) in [5, 5.41) is 0. The molecule has 0 radical (unpaired) electrons. The van der Waals surface area contributed by atoms with Crippen LogP contribution < -0.4 is 17.0 Å². The zero-order chi connectivity index (χ0) is 11.6. The number of morpholine rings is 2. The molecule has 5 heteroatoms. The average molecular weight is 322 g/mol. The van der Waals surface area contributed by atoms with Crippen LogP contribution in [0.5, 0.6) is 0 Å². The molecule has 3 heterocycles. The maximum Gasteiger partial charge on any atom is 0.129 e. The SMILES string of the molecule is C1C[N+]2(CCOCC2)CC[N+]2(C1)CCOCC2.[Br-]. The smallest absolute Gasteiger partial charge is 0.129 e. The van der Waals surface area contributed by atoms with Crippen LogP contribution in [0.15, 0.2) is 0 Å². The van der Waals surface area contributed by atoms with E-state index in [4.69, 9.17) is 9.47 Å². The summed E-state index contributed by atoms with van der Waals surface area (Å²) in [5.74, 6) is 0. The van der Waals surface area contributed by atoms with E-state index in [1.54, 1.807) is 0 Å². The molecule has 0 bridgehead atoms. The minimum atomic E-state index is 0. The Labute approximate surface area is 121 Å². The van der Waals surface area contributed by atoms with E-state index in [2.05, 4.69) is 0 Å². The second-order valence-electron chi connectivity index (χ2n) is 6.05. The summed E-state index contributed by atoms with van der Waals surface area (Å²) in [5.41, 5.74) is 0. The van der Waals surface area contributed by atoms with Crippen LogP contribution in [0.3, 0.4) is 0 Å². The zero-order valence-electron chi connectivity index (χ0n) is 11.3. The lowest BCUT2D eigenvalue weighted by molar-refractivity contribution is -0.970. The van der Waals surface area contributed by atoms with Gasteiger partial charge in [0, 0.05) is 6.42 Å². The fourth-order valence-electron chi connectivity index (χ4n) is 3.74. The van der Waals surface area contributed by atoms with Gasteiger partial charge >= 0.3 is 0 Å². The van der Waals surface area contributed by atoms with Crippen molar-refractivity contribution in [3.63, 3.8) is 0 Å². The van der Waals surface area contributed by atoms with Gasteiger partial charge in [-0.2, -0.15) is 0 Å². The minimum absolute atomic E-state index is 0. The van der Waals surface area contributed by atoms with Gasteiger partial charge in [0.05, 0.1) is 39.5 Å². The van der Waals surface area contributed by atoms with Crippen molar-refractivity contribution in [2.24, 2.45) is 0 Å². The molecule has 0 aliphatic carbocycles. The molecular formula is C13H26BrN2O2+. The lowest BCUT2D eigenvalue weighted by Gasteiger charge is -2.42. The Morgan fingerprint density at radius 3 is 1.28 bits per heavy atom. The van der Waals surface area contributed by atoms with Gasteiger partial charge < -0.3 is 35.4 Å². The van der Waals surface area contributed by atoms with Crippen molar-refractivity contribution >= 4 is 0 Å². The zero-order valence-corrected chi connectivity index (χ0v) is 12.9. The summed E-state index contributed by atoms with van der Waals surface area (Å²) >= 11 is 0. The molecule has 0 aromatic rings. The Morgan fingerprint density at radius 2 is 0.889 bits per heavy atom. The molecule has 0 aromatic heterocycles. The predicted octanol–water partition coefficient (Wildman–Crippen LogP) is -2.91. The number of hydrogen-bond donors (Lipinski definition) is 0. The van der Waals surface area contributed by atoms with Crippen LogP contribution >= 0.6 is 0 Å². The molecule has 3 aliphatic heterocycles. The first-order valence-corrected chi connectivity index (χ1v) is 7.18. The van der Waals surface area contributed by atoms with E-state index in [0.717, 1.165) is 26.4 Å². The Balaban J connectivity index is 0.00000120. The number of rotatable bonds is 0. The van der Waals surface area contributed by atoms with E-state index in [1.165, 1.54) is 67.7 Å². The molecule has 3 aliphatic rings. The van der Waals surface area contributed by atoms with Gasteiger partial charge in [-0.3, -0.25) is 0 Å². The van der Waals surface area contributed by atoms with Gasteiger partial charge in [-0.05, 0) is 0 Å². The lowest BCUT2D eigenvalue weighted by atomic mass is 10.2. The molecular weight excluding hydrogens is 296 g/mol. The molecule has 0 N–H and O–H groups in total. The summed E-state index contributed by atoms with van der Waals surface area (Å²) in [6.07, 6.45) is 1.39. The van der Waals surface area contributed by atoms with Gasteiger partial charge in [-0.1, -0.05) is 0 Å². The standard InChI is InChI=1S/C13H26N2O2.BrH/c1-2-14(6-10-16-11-7-14)4-5-15(3-1)8-12-17-13-9-15;/h1-13H2;1H/q+2;/p-1. The molecule has 2 spiro atoms. The summed E-state index contributed by atoms with van der Waals surface area (Å²) in [7, 11) is 0. The van der Waals surface area contributed by atoms with Crippen LogP contribution in [0.1, 0.15) is 6.42 Å². The molecule has 0 unspecified atom stereocenters. The highest BCUT2D eigenvalue weighted by Gasteiger charge is 2.40. The van der Waals surface area contributed by atoms with Crippen molar-refractivity contribution in [2.75, 3.05) is 78.8 Å². The van der Waals surface area contributed by atoms with Gasteiger partial charge in [0.2, 0.25) is 0 Å². The molecule has 0 aromatic carbocycles. The van der Waals surface area contributed by atoms with Crippen molar-refractivity contribution in [3.05, 3.63) is 0 Å². The molecule has 4 nitrogen and oxygen atoms in total. The third-order valence-corrected chi connectivity index (χ3v) is 5.15. The van der Waals surface area contributed by atoms with Crippen LogP contribution in [0.4, 0.5) is 0 Å². The Hall–Kier alpha value is 0.320. The maximum absolute atomic E-state index is 5.53. The molecule has 0 atom stereocenters. The Kier molecular flexibility index (Phi) is 5.06. The van der Waals surface area contributed by atoms with Crippen molar-refractivity contribution < 1.29 is 35.4 Å². The fourth-order valence-corrected chi connectivity index (χ4v) is 3.74. The van der Waals surface area contributed by atoms with Crippen molar-refractivity contribution in [2.45, 2.75) is 6.42 Å². The summed E-state index contributed by atoms with van der Waals surface area (Å²) in [6, 6.07) is 0. The van der Waals surface area contributed by atoms with Crippen molar-refractivity contribution in [3.8, 4) is 0 Å². The first-order chi connectivity index (χ1) is 8.33. The number of quaternary nitrogens is 2. The maximum atomic E-state index is 5.53. The van der Waals surface area contributed by atoms with Gasteiger partial charge in [-0.25, -0.2) is 0 Å². The van der Waals surface area contributed by atoms with Gasteiger partial charge in [-0.15, -0.1) is 0 Å². The van der Waals surface area contributed by atoms with Crippen molar-refractivity contribution in [1.82, 2.24) is 0 Å². The van der Waals surface area contributed by atoms with Crippen LogP contribution in [-0.4, -0.2) is 87.8 Å². The molecule has 3 fully saturated rings. The largest absolute Gasteiger partial charge is 1.00 e. The van der Waals surface area contributed by atoms with Crippen LogP contribution in [-0.2, 0) is 9.47 Å². The second kappa shape index (κ2) is 6.18. The van der Waals surface area contributed by atoms with Gasteiger partial charge in [0.25, 0.3) is 0 Å². The quantitative estimate of drug-likeness (QED) is 0.445. The normalized spacial score (nSPS) is 30.7. The number of hydrogen-bond acceptors (Lipinski definition) is 2. The molecule has 3 saturated heterocycles. The van der Waals surface area contributed by atoms with Gasteiger partial charge in [0.1, 0.15) is 39.3 Å². The molecule has 18 heavy (non-hydrogen) atoms. The topological polar surface area (TPSA) is 18.5 Å². The second-order valence-corrected chi connectivity index (χ2v) is 6.05. The third-order valence-electron chi connectivity index (χ3n) is 5.15. The van der Waals surface area contributed by atoms with Gasteiger partial charge in [0.15, 0.2) is 0 Å². The van der Waals surface area contributed by atoms with E-state index >= 15 is 0 Å². The van der Waals surface area contributed by atoms with Crippen LogP contribution in [0.2, 0.25) is 0 Å². The Bertz CT molecular complexity index is 238. The molecule has 3 rings (SSSR count). The van der Waals surface area contributed by atoms with Crippen LogP contribution in [0, 0.1) is 0 Å². The third kappa shape index (κ3) is 3.07. The highest BCUT2D eigenvalue weighted by molar-refractivity contribution is 4.59. The first kappa shape index (κ1) is 14.7.